The molecule has 0 spiro atoms. The molecule has 0 aliphatic heterocycles. The Bertz CT molecular complexity index is 550. The molecule has 0 aromatic heterocycles. The molecule has 1 aliphatic carbocycles. The molecule has 0 unspecified atom stereocenters. The summed E-state index contributed by atoms with van der Waals surface area (Å²) < 4.78 is 0. The second-order valence-corrected chi connectivity index (χ2v) is 5.83. The summed E-state index contributed by atoms with van der Waals surface area (Å²) >= 11 is 5.91. The highest BCUT2D eigenvalue weighted by Gasteiger charge is 2.40. The van der Waals surface area contributed by atoms with Gasteiger partial charge in [0, 0.05) is 12.1 Å². The van der Waals surface area contributed by atoms with Crippen molar-refractivity contribution in [3.8, 4) is 0 Å². The van der Waals surface area contributed by atoms with Crippen LogP contribution in [0.15, 0.2) is 36.9 Å². The van der Waals surface area contributed by atoms with Crippen molar-refractivity contribution < 1.29 is 9.59 Å². The van der Waals surface area contributed by atoms with E-state index in [-0.39, 0.29) is 23.9 Å². The first-order chi connectivity index (χ1) is 9.97. The summed E-state index contributed by atoms with van der Waals surface area (Å²) in [6.07, 6.45) is 4.08. The van der Waals surface area contributed by atoms with Gasteiger partial charge in [0.2, 0.25) is 11.8 Å². The topological polar surface area (TPSA) is 49.4 Å². The van der Waals surface area contributed by atoms with Crippen LogP contribution in [0.2, 0.25) is 5.02 Å². The summed E-state index contributed by atoms with van der Waals surface area (Å²) in [5.41, 5.74) is 0.740. The SMILES string of the molecule is C=CC(=O)N(C)CC(=O)NC1(c2ccc(Cl)cc2)CCC1. The van der Waals surface area contributed by atoms with Crippen LogP contribution in [-0.2, 0) is 15.1 Å². The van der Waals surface area contributed by atoms with Crippen molar-refractivity contribution in [1.29, 1.82) is 0 Å². The summed E-state index contributed by atoms with van der Waals surface area (Å²) in [7, 11) is 1.58. The Morgan fingerprint density at radius 2 is 2.00 bits per heavy atom. The van der Waals surface area contributed by atoms with E-state index in [0.717, 1.165) is 24.8 Å². The number of amides is 2. The number of nitrogens with one attached hydrogen (secondary N) is 1. The van der Waals surface area contributed by atoms with E-state index in [0.29, 0.717) is 5.02 Å². The third-order valence-corrected chi connectivity index (χ3v) is 4.17. The van der Waals surface area contributed by atoms with E-state index < -0.39 is 0 Å². The van der Waals surface area contributed by atoms with Crippen molar-refractivity contribution in [3.63, 3.8) is 0 Å². The summed E-state index contributed by atoms with van der Waals surface area (Å²) in [6, 6.07) is 7.55. The molecule has 0 saturated heterocycles. The number of hydrogen-bond acceptors (Lipinski definition) is 2. The highest BCUT2D eigenvalue weighted by Crippen LogP contribution is 2.41. The van der Waals surface area contributed by atoms with Crippen LogP contribution in [0, 0.1) is 0 Å². The van der Waals surface area contributed by atoms with E-state index in [4.69, 9.17) is 11.6 Å². The average Bonchev–Trinajstić information content (AvgIpc) is 2.43. The lowest BCUT2D eigenvalue weighted by Gasteiger charge is -2.43. The second-order valence-electron chi connectivity index (χ2n) is 5.39. The molecule has 2 rings (SSSR count). The number of hydrogen-bond donors (Lipinski definition) is 1. The third-order valence-electron chi connectivity index (χ3n) is 3.91. The maximum Gasteiger partial charge on any atom is 0.246 e. The summed E-state index contributed by atoms with van der Waals surface area (Å²) in [6.45, 7) is 3.44. The highest BCUT2D eigenvalue weighted by atomic mass is 35.5. The molecule has 21 heavy (non-hydrogen) atoms. The largest absolute Gasteiger partial charge is 0.345 e. The molecule has 0 atom stereocenters. The van der Waals surface area contributed by atoms with E-state index >= 15 is 0 Å². The Kier molecular flexibility index (Phi) is 4.68. The van der Waals surface area contributed by atoms with Gasteiger partial charge in [-0.15, -0.1) is 0 Å². The lowest BCUT2D eigenvalue weighted by Crippen LogP contribution is -2.53. The van der Waals surface area contributed by atoms with E-state index in [1.54, 1.807) is 7.05 Å². The van der Waals surface area contributed by atoms with Gasteiger partial charge in [0.25, 0.3) is 0 Å². The lowest BCUT2D eigenvalue weighted by atomic mass is 9.72. The molecule has 1 aromatic carbocycles. The molecule has 0 heterocycles. The van der Waals surface area contributed by atoms with Crippen molar-refractivity contribution in [2.45, 2.75) is 24.8 Å². The predicted octanol–water partition coefficient (Wildman–Crippen LogP) is 2.48. The zero-order valence-electron chi connectivity index (χ0n) is 12.1. The number of benzene rings is 1. The maximum absolute atomic E-state index is 12.2. The summed E-state index contributed by atoms with van der Waals surface area (Å²) in [4.78, 5) is 24.9. The minimum absolute atomic E-state index is 0.0280. The molecule has 1 aromatic rings. The summed E-state index contributed by atoms with van der Waals surface area (Å²) in [5.74, 6) is -0.429. The van der Waals surface area contributed by atoms with E-state index in [1.165, 1.54) is 11.0 Å². The van der Waals surface area contributed by atoms with Gasteiger partial charge in [0.15, 0.2) is 0 Å². The van der Waals surface area contributed by atoms with Crippen LogP contribution in [0.5, 0.6) is 0 Å². The monoisotopic (exact) mass is 306 g/mol. The molecule has 2 amide bonds. The quantitative estimate of drug-likeness (QED) is 0.850. The minimum Gasteiger partial charge on any atom is -0.345 e. The molecule has 5 heteroatoms. The zero-order valence-corrected chi connectivity index (χ0v) is 12.8. The minimum atomic E-state index is -0.320. The van der Waals surface area contributed by atoms with E-state index in [9.17, 15) is 9.59 Å². The maximum atomic E-state index is 12.2. The van der Waals surface area contributed by atoms with Gasteiger partial charge in [0.05, 0.1) is 12.1 Å². The van der Waals surface area contributed by atoms with E-state index in [1.807, 2.05) is 24.3 Å². The van der Waals surface area contributed by atoms with Gasteiger partial charge in [-0.1, -0.05) is 30.3 Å². The lowest BCUT2D eigenvalue weighted by molar-refractivity contribution is -0.132. The number of likely N-dealkylation sites (N-methyl/N-ethyl adjacent to an activating group) is 1. The second kappa shape index (κ2) is 6.31. The van der Waals surface area contributed by atoms with Crippen LogP contribution in [0.4, 0.5) is 0 Å². The van der Waals surface area contributed by atoms with Crippen molar-refractivity contribution >= 4 is 23.4 Å². The number of rotatable bonds is 5. The van der Waals surface area contributed by atoms with Gasteiger partial charge in [-0.2, -0.15) is 0 Å². The molecule has 4 nitrogen and oxygen atoms in total. The smallest absolute Gasteiger partial charge is 0.246 e. The van der Waals surface area contributed by atoms with Gasteiger partial charge in [-0.05, 0) is 43.0 Å². The van der Waals surface area contributed by atoms with Crippen LogP contribution >= 0.6 is 11.6 Å². The fourth-order valence-electron chi connectivity index (χ4n) is 2.54. The number of nitrogens with zero attached hydrogens (tertiary/aromatic N) is 1. The van der Waals surface area contributed by atoms with Crippen LogP contribution in [0.3, 0.4) is 0 Å². The Morgan fingerprint density at radius 3 is 2.48 bits per heavy atom. The Balaban J connectivity index is 2.05. The molecular formula is C16H19ClN2O2. The molecule has 1 saturated carbocycles. The van der Waals surface area contributed by atoms with Crippen LogP contribution in [0.1, 0.15) is 24.8 Å². The normalized spacial score (nSPS) is 15.7. The van der Waals surface area contributed by atoms with Crippen molar-refractivity contribution in [2.75, 3.05) is 13.6 Å². The summed E-state index contributed by atoms with van der Waals surface area (Å²) in [5, 5.41) is 3.74. The Morgan fingerprint density at radius 1 is 1.38 bits per heavy atom. The number of halogens is 1. The fraction of sp³-hybridized carbons (Fsp3) is 0.375. The third kappa shape index (κ3) is 3.45. The standard InChI is InChI=1S/C16H19ClN2O2/c1-3-15(21)19(2)11-14(20)18-16(9-4-10-16)12-5-7-13(17)8-6-12/h3,5-8H,1,4,9-11H2,2H3,(H,18,20). The van der Waals surface area contributed by atoms with Gasteiger partial charge >= 0.3 is 0 Å². The molecular weight excluding hydrogens is 288 g/mol. The Hall–Kier alpha value is -1.81. The predicted molar refractivity (Wildman–Crippen MR) is 83.0 cm³/mol. The molecule has 1 aliphatic rings. The number of carbonyl (C=O) groups excluding carboxylic acids is 2. The van der Waals surface area contributed by atoms with Crippen molar-refractivity contribution in [1.82, 2.24) is 10.2 Å². The number of carbonyl (C=O) groups is 2. The molecule has 1 N–H and O–H groups in total. The highest BCUT2D eigenvalue weighted by molar-refractivity contribution is 6.30. The molecule has 112 valence electrons. The van der Waals surface area contributed by atoms with Gasteiger partial charge < -0.3 is 10.2 Å². The van der Waals surface area contributed by atoms with Gasteiger partial charge in [-0.25, -0.2) is 0 Å². The van der Waals surface area contributed by atoms with E-state index in [2.05, 4.69) is 11.9 Å². The fourth-order valence-corrected chi connectivity index (χ4v) is 2.67. The van der Waals surface area contributed by atoms with Gasteiger partial charge in [-0.3, -0.25) is 9.59 Å². The molecule has 1 fully saturated rings. The first-order valence-electron chi connectivity index (χ1n) is 6.91. The van der Waals surface area contributed by atoms with Gasteiger partial charge in [0.1, 0.15) is 0 Å². The average molecular weight is 307 g/mol. The van der Waals surface area contributed by atoms with Crippen LogP contribution < -0.4 is 5.32 Å². The molecule has 0 radical (unpaired) electrons. The van der Waals surface area contributed by atoms with Crippen LogP contribution in [0.25, 0.3) is 0 Å². The van der Waals surface area contributed by atoms with Crippen molar-refractivity contribution in [3.05, 3.63) is 47.5 Å². The molecule has 0 bridgehead atoms. The Labute approximate surface area is 129 Å². The zero-order chi connectivity index (χ0) is 15.5. The van der Waals surface area contributed by atoms with Crippen LogP contribution in [-0.4, -0.2) is 30.3 Å². The first-order valence-corrected chi connectivity index (χ1v) is 7.29. The first kappa shape index (κ1) is 15.6. The van der Waals surface area contributed by atoms with Crippen molar-refractivity contribution in [2.24, 2.45) is 0 Å².